The number of cyclic esters (lactones) is 1. The molecule has 7 N–H and O–H groups in total. The Hall–Kier alpha value is -1.85. The second-order valence-electron chi connectivity index (χ2n) is 15.9. The summed E-state index contributed by atoms with van der Waals surface area (Å²) < 4.78 is 46.2. The van der Waals surface area contributed by atoms with E-state index in [1.165, 1.54) is 19.9 Å². The summed E-state index contributed by atoms with van der Waals surface area (Å²) in [5.74, 6) is -5.53. The predicted octanol–water partition coefficient (Wildman–Crippen LogP) is 2.07. The minimum absolute atomic E-state index is 0.0124. The molecule has 0 aliphatic carbocycles. The van der Waals surface area contributed by atoms with Gasteiger partial charge in [0.15, 0.2) is 17.9 Å². The molecule has 14 atom stereocenters. The normalized spacial score (nSPS) is 42.2. The number of halogens is 2. The van der Waals surface area contributed by atoms with Gasteiger partial charge in [0.25, 0.3) is 0 Å². The summed E-state index contributed by atoms with van der Waals surface area (Å²) in [4.78, 5) is 15.9. The lowest BCUT2D eigenvalue weighted by Gasteiger charge is -2.49. The largest absolute Gasteiger partial charge is 0.459 e. The molecule has 1 aromatic rings. The summed E-state index contributed by atoms with van der Waals surface area (Å²) in [6.07, 6.45) is -5.58. The first-order chi connectivity index (χ1) is 23.6. The van der Waals surface area contributed by atoms with E-state index in [-0.39, 0.29) is 44.0 Å². The van der Waals surface area contributed by atoms with E-state index in [0.717, 1.165) is 12.1 Å². The second kappa shape index (κ2) is 17.5. The fourth-order valence-electron chi connectivity index (χ4n) is 7.78. The van der Waals surface area contributed by atoms with Crippen LogP contribution in [0.15, 0.2) is 18.2 Å². The molecule has 2 aliphatic heterocycles. The van der Waals surface area contributed by atoms with Crippen molar-refractivity contribution in [3.63, 3.8) is 0 Å². The summed E-state index contributed by atoms with van der Waals surface area (Å²) in [5.41, 5.74) is -5.23. The molecule has 0 saturated carbocycles. The van der Waals surface area contributed by atoms with E-state index < -0.39 is 83.0 Å². The number of aliphatic hydroxyl groups excluding tert-OH is 2. The molecule has 12 nitrogen and oxygen atoms in total. The Morgan fingerprint density at radius 1 is 1.06 bits per heavy atom. The standard InChI is InChI=1S/C37H63F2N3O9/c1-11-29-36(8,47)31(44)24(6)41-17-20(2)16-35(7,46)32(51-34-30(43)28(42(9)10)14-21(3)49-34)22(4)37(48,23(5)33(45)50-29)19-40-18-25-12-13-26(38)27(39)15-25/h12-13,15,20-24,28-32,34,40-41,43-44,46-48H,11,14,16-19H2,1-10H3/t20-,21-,22-,23?,24-,28+,29-,30-,31-,32-,34+,35+,36-,37-/m1/s1. The zero-order valence-corrected chi connectivity index (χ0v) is 31.9. The molecular formula is C37H63F2N3O9. The zero-order chi connectivity index (χ0) is 38.6. The van der Waals surface area contributed by atoms with Crippen LogP contribution >= 0.6 is 0 Å². The first kappa shape index (κ1) is 43.6. The molecule has 3 rings (SSSR count). The van der Waals surface area contributed by atoms with Gasteiger partial charge < -0.3 is 55.3 Å². The Morgan fingerprint density at radius 3 is 2.29 bits per heavy atom. The Bertz CT molecular complexity index is 1290. The third-order valence-electron chi connectivity index (χ3n) is 11.1. The molecule has 0 radical (unpaired) electrons. The van der Waals surface area contributed by atoms with Gasteiger partial charge in [0, 0.05) is 31.1 Å². The van der Waals surface area contributed by atoms with Crippen LogP contribution in [-0.2, 0) is 25.5 Å². The number of hydrogen-bond acceptors (Lipinski definition) is 12. The SMILES string of the molecule is CC[C@H]1OC(=O)C(C)[C@@](O)(CNCc2ccc(F)c(F)c2)[C@H](C)[C@@H](O[C@@H]2O[C@H](C)C[C@H](N(C)C)[C@H]2O)[C@@](C)(O)C[C@@H](C)CN[C@H](C)[C@@H](O)[C@]1(C)O. The average Bonchev–Trinajstić information content (AvgIpc) is 3.05. The number of nitrogens with one attached hydrogen (secondary N) is 2. The molecule has 0 amide bonds. The van der Waals surface area contributed by atoms with Gasteiger partial charge in [-0.3, -0.25) is 4.79 Å². The molecule has 2 saturated heterocycles. The number of aliphatic hydroxyl groups is 5. The van der Waals surface area contributed by atoms with E-state index in [9.17, 15) is 39.1 Å². The molecule has 294 valence electrons. The van der Waals surface area contributed by atoms with Gasteiger partial charge in [-0.15, -0.1) is 0 Å². The minimum Gasteiger partial charge on any atom is -0.459 e. The van der Waals surface area contributed by atoms with Crippen molar-refractivity contribution < 1.29 is 53.3 Å². The highest BCUT2D eigenvalue weighted by Gasteiger charge is 2.54. The molecular weight excluding hydrogens is 668 g/mol. The van der Waals surface area contributed by atoms with Crippen molar-refractivity contribution in [1.82, 2.24) is 15.5 Å². The third kappa shape index (κ3) is 10.2. The number of nitrogens with zero attached hydrogens (tertiary/aromatic N) is 1. The van der Waals surface area contributed by atoms with Gasteiger partial charge in [-0.25, -0.2) is 8.78 Å². The summed E-state index contributed by atoms with van der Waals surface area (Å²) in [5, 5.41) is 65.5. The quantitative estimate of drug-likeness (QED) is 0.195. The lowest BCUT2D eigenvalue weighted by Crippen LogP contribution is -2.64. The first-order valence-electron chi connectivity index (χ1n) is 18.2. The van der Waals surface area contributed by atoms with Crippen LogP contribution in [0.3, 0.4) is 0 Å². The fraction of sp³-hybridized carbons (Fsp3) is 0.811. The number of carbonyl (C=O) groups excluding carboxylic acids is 1. The van der Waals surface area contributed by atoms with Gasteiger partial charge in [0.05, 0.1) is 29.3 Å². The molecule has 1 aromatic carbocycles. The van der Waals surface area contributed by atoms with Gasteiger partial charge in [-0.1, -0.05) is 26.8 Å². The van der Waals surface area contributed by atoms with Crippen molar-refractivity contribution in [2.45, 2.75) is 147 Å². The molecule has 51 heavy (non-hydrogen) atoms. The first-order valence-corrected chi connectivity index (χ1v) is 18.2. The average molecular weight is 732 g/mol. The number of ether oxygens (including phenoxy) is 3. The lowest BCUT2D eigenvalue weighted by molar-refractivity contribution is -0.304. The maximum Gasteiger partial charge on any atom is 0.312 e. The smallest absolute Gasteiger partial charge is 0.312 e. The summed E-state index contributed by atoms with van der Waals surface area (Å²) >= 11 is 0. The van der Waals surface area contributed by atoms with E-state index in [0.29, 0.717) is 18.5 Å². The van der Waals surface area contributed by atoms with Crippen molar-refractivity contribution in [2.24, 2.45) is 17.8 Å². The van der Waals surface area contributed by atoms with Gasteiger partial charge >= 0.3 is 5.97 Å². The van der Waals surface area contributed by atoms with E-state index in [1.54, 1.807) is 27.7 Å². The van der Waals surface area contributed by atoms with E-state index in [2.05, 4.69) is 10.6 Å². The fourth-order valence-corrected chi connectivity index (χ4v) is 7.78. The number of benzene rings is 1. The predicted molar refractivity (Wildman–Crippen MR) is 187 cm³/mol. The van der Waals surface area contributed by atoms with Crippen LogP contribution in [0.1, 0.15) is 80.2 Å². The number of esters is 1. The third-order valence-corrected chi connectivity index (χ3v) is 11.1. The Morgan fingerprint density at radius 2 is 1.71 bits per heavy atom. The molecule has 2 heterocycles. The minimum atomic E-state index is -2.05. The van der Waals surface area contributed by atoms with Gasteiger partial charge in [-0.2, -0.15) is 0 Å². The zero-order valence-electron chi connectivity index (χ0n) is 31.9. The number of likely N-dealkylation sites (N-methyl/N-ethyl adjacent to an activating group) is 1. The van der Waals surface area contributed by atoms with Crippen LogP contribution in [0.5, 0.6) is 0 Å². The summed E-state index contributed by atoms with van der Waals surface area (Å²) in [7, 11) is 3.67. The van der Waals surface area contributed by atoms with Gasteiger partial charge in [-0.05, 0) is 98.1 Å². The van der Waals surface area contributed by atoms with Crippen LogP contribution in [0.4, 0.5) is 8.78 Å². The Balaban J connectivity index is 2.13. The van der Waals surface area contributed by atoms with Crippen LogP contribution < -0.4 is 10.6 Å². The van der Waals surface area contributed by atoms with Crippen molar-refractivity contribution in [2.75, 3.05) is 27.2 Å². The highest BCUT2D eigenvalue weighted by Crippen LogP contribution is 2.40. The number of hydrogen-bond donors (Lipinski definition) is 7. The van der Waals surface area contributed by atoms with Crippen LogP contribution in [0, 0.1) is 29.4 Å². The monoisotopic (exact) mass is 731 g/mol. The molecule has 0 bridgehead atoms. The highest BCUT2D eigenvalue weighted by molar-refractivity contribution is 5.74. The topological polar surface area (TPSA) is 173 Å². The Kier molecular flexibility index (Phi) is 15.0. The molecule has 0 spiro atoms. The van der Waals surface area contributed by atoms with Crippen LogP contribution in [0.2, 0.25) is 0 Å². The highest BCUT2D eigenvalue weighted by atomic mass is 19.2. The van der Waals surface area contributed by atoms with Crippen molar-refractivity contribution in [3.8, 4) is 0 Å². The lowest BCUT2D eigenvalue weighted by atomic mass is 9.70. The maximum absolute atomic E-state index is 14.0. The van der Waals surface area contributed by atoms with Crippen molar-refractivity contribution in [3.05, 3.63) is 35.4 Å². The van der Waals surface area contributed by atoms with Crippen molar-refractivity contribution >= 4 is 5.97 Å². The number of carbonyl (C=O) groups is 1. The van der Waals surface area contributed by atoms with Crippen LogP contribution in [-0.4, -0.2) is 129 Å². The summed E-state index contributed by atoms with van der Waals surface area (Å²) in [6, 6.07) is 2.45. The van der Waals surface area contributed by atoms with Gasteiger partial charge in [0.1, 0.15) is 23.9 Å². The van der Waals surface area contributed by atoms with E-state index >= 15 is 0 Å². The van der Waals surface area contributed by atoms with Crippen molar-refractivity contribution in [1.29, 1.82) is 0 Å². The molecule has 0 aromatic heterocycles. The van der Waals surface area contributed by atoms with Gasteiger partial charge in [0.2, 0.25) is 0 Å². The maximum atomic E-state index is 14.0. The number of rotatable bonds is 8. The van der Waals surface area contributed by atoms with E-state index in [4.69, 9.17) is 14.2 Å². The molecule has 2 fully saturated rings. The molecule has 2 aliphatic rings. The van der Waals surface area contributed by atoms with Crippen LogP contribution in [0.25, 0.3) is 0 Å². The van der Waals surface area contributed by atoms with E-state index in [1.807, 2.05) is 32.8 Å². The second-order valence-corrected chi connectivity index (χ2v) is 15.9. The molecule has 14 heteroatoms. The Labute approximate surface area is 301 Å². The molecule has 1 unspecified atom stereocenters. The summed E-state index contributed by atoms with van der Waals surface area (Å²) in [6.45, 7) is 13.2.